The number of fused-ring (bicyclic) bond motifs is 2. The Morgan fingerprint density at radius 3 is 3.08 bits per heavy atom. The maximum atomic E-state index is 9.73. The zero-order chi connectivity index (χ0) is 17.0. The summed E-state index contributed by atoms with van der Waals surface area (Å²) in [6, 6.07) is 5.64. The predicted molar refractivity (Wildman–Crippen MR) is 98.7 cm³/mol. The molecule has 0 bridgehead atoms. The topological polar surface area (TPSA) is 63.6 Å². The summed E-state index contributed by atoms with van der Waals surface area (Å²) in [5.41, 5.74) is 11.4. The number of hydrogen-bond acceptors (Lipinski definition) is 4. The number of aromatic nitrogens is 1. The predicted octanol–water partition coefficient (Wildman–Crippen LogP) is 3.62. The Labute approximate surface area is 145 Å². The van der Waals surface area contributed by atoms with E-state index in [1.165, 1.54) is 22.4 Å². The van der Waals surface area contributed by atoms with Gasteiger partial charge in [0.2, 0.25) is 0 Å². The molecule has 1 aromatic heterocycles. The van der Waals surface area contributed by atoms with Gasteiger partial charge in [0.25, 0.3) is 0 Å². The molecule has 5 heteroatoms. The number of aryl methyl sites for hydroxylation is 1. The normalized spacial score (nSPS) is 20.2. The molecular formula is C20H18N4O. The van der Waals surface area contributed by atoms with Crippen LogP contribution in [0.3, 0.4) is 0 Å². The largest absolute Gasteiger partial charge is 0.508 e. The SMILES string of the molecule is Cc1cc(O)ccc1C1CC=C2c3c(c[nH]c31)C=CC1=CN=CNN12. The second-order valence-corrected chi connectivity index (χ2v) is 6.58. The van der Waals surface area contributed by atoms with Crippen molar-refractivity contribution < 1.29 is 5.11 Å². The van der Waals surface area contributed by atoms with Crippen LogP contribution in [0.5, 0.6) is 5.75 Å². The molecule has 2 aliphatic heterocycles. The van der Waals surface area contributed by atoms with E-state index < -0.39 is 0 Å². The first kappa shape index (κ1) is 14.2. The van der Waals surface area contributed by atoms with Crippen molar-refractivity contribution in [1.29, 1.82) is 0 Å². The van der Waals surface area contributed by atoms with Crippen LogP contribution < -0.4 is 5.43 Å². The third-order valence-corrected chi connectivity index (χ3v) is 5.12. The molecule has 0 amide bonds. The number of H-pyrrole nitrogens is 1. The monoisotopic (exact) mass is 330 g/mol. The van der Waals surface area contributed by atoms with E-state index in [1.807, 2.05) is 18.3 Å². The van der Waals surface area contributed by atoms with Crippen molar-refractivity contribution in [2.45, 2.75) is 19.3 Å². The number of nitrogens with zero attached hydrogens (tertiary/aromatic N) is 2. The number of allylic oxidation sites excluding steroid dienone is 2. The summed E-state index contributed by atoms with van der Waals surface area (Å²) in [6.45, 7) is 2.05. The van der Waals surface area contributed by atoms with Crippen LogP contribution in [-0.2, 0) is 0 Å². The van der Waals surface area contributed by atoms with Gasteiger partial charge >= 0.3 is 0 Å². The summed E-state index contributed by atoms with van der Waals surface area (Å²) in [5, 5.41) is 11.8. The molecule has 1 unspecified atom stereocenters. The Hall–Kier alpha value is -3.21. The van der Waals surface area contributed by atoms with E-state index in [0.717, 1.165) is 23.4 Å². The van der Waals surface area contributed by atoms with E-state index in [2.05, 4.69) is 51.8 Å². The fourth-order valence-corrected chi connectivity index (χ4v) is 3.97. The second-order valence-electron chi connectivity index (χ2n) is 6.58. The van der Waals surface area contributed by atoms with Crippen LogP contribution in [0.15, 0.2) is 53.4 Å². The smallest absolute Gasteiger partial charge is 0.115 e. The minimum absolute atomic E-state index is 0.255. The van der Waals surface area contributed by atoms with Crippen LogP contribution in [0, 0.1) is 6.92 Å². The Morgan fingerprint density at radius 1 is 1.28 bits per heavy atom. The van der Waals surface area contributed by atoms with E-state index in [4.69, 9.17) is 0 Å². The van der Waals surface area contributed by atoms with Crippen LogP contribution >= 0.6 is 0 Å². The van der Waals surface area contributed by atoms with Crippen molar-refractivity contribution in [2.24, 2.45) is 4.99 Å². The molecule has 3 aliphatic rings. The average molecular weight is 330 g/mol. The third-order valence-electron chi connectivity index (χ3n) is 5.12. The first-order chi connectivity index (χ1) is 12.2. The highest BCUT2D eigenvalue weighted by Crippen LogP contribution is 2.44. The number of phenolic OH excluding ortho intramolecular Hbond substituents is 1. The molecule has 1 aliphatic carbocycles. The van der Waals surface area contributed by atoms with Gasteiger partial charge in [0.15, 0.2) is 0 Å². The molecule has 0 saturated heterocycles. The summed E-state index contributed by atoms with van der Waals surface area (Å²) in [7, 11) is 0. The molecule has 5 rings (SSSR count). The molecule has 1 aromatic carbocycles. The quantitative estimate of drug-likeness (QED) is 0.748. The average Bonchev–Trinajstić information content (AvgIpc) is 2.97. The van der Waals surface area contributed by atoms with Crippen molar-refractivity contribution in [2.75, 3.05) is 0 Å². The summed E-state index contributed by atoms with van der Waals surface area (Å²) in [6.07, 6.45) is 13.0. The lowest BCUT2D eigenvalue weighted by Crippen LogP contribution is -2.36. The maximum Gasteiger partial charge on any atom is 0.115 e. The van der Waals surface area contributed by atoms with Gasteiger partial charge in [-0.05, 0) is 42.7 Å². The van der Waals surface area contributed by atoms with Crippen molar-refractivity contribution in [3.8, 4) is 5.75 Å². The number of hydrazine groups is 1. The van der Waals surface area contributed by atoms with Gasteiger partial charge in [0, 0.05) is 28.9 Å². The highest BCUT2D eigenvalue weighted by molar-refractivity contribution is 5.82. The van der Waals surface area contributed by atoms with Crippen molar-refractivity contribution in [3.63, 3.8) is 0 Å². The fourth-order valence-electron chi connectivity index (χ4n) is 3.97. The minimum Gasteiger partial charge on any atom is -0.508 e. The Bertz CT molecular complexity index is 993. The van der Waals surface area contributed by atoms with Crippen LogP contribution in [0.1, 0.15) is 40.3 Å². The van der Waals surface area contributed by atoms with Crippen LogP contribution in [-0.4, -0.2) is 21.4 Å². The van der Waals surface area contributed by atoms with E-state index in [9.17, 15) is 5.11 Å². The van der Waals surface area contributed by atoms with E-state index >= 15 is 0 Å². The molecule has 5 nitrogen and oxygen atoms in total. The standard InChI is InChI=1S/C20H18N4O/c1-12-8-15(25)4-5-16(12)17-6-7-18-19-13(9-22-20(17)19)2-3-14-10-21-11-23-24(14)18/h2-5,7-11,17,22,25H,6H2,1H3,(H,21,23). The molecule has 0 spiro atoms. The summed E-state index contributed by atoms with van der Waals surface area (Å²) >= 11 is 0. The Morgan fingerprint density at radius 2 is 2.20 bits per heavy atom. The van der Waals surface area contributed by atoms with Crippen molar-refractivity contribution in [1.82, 2.24) is 15.4 Å². The van der Waals surface area contributed by atoms with E-state index in [-0.39, 0.29) is 5.92 Å². The number of hydrogen-bond donors (Lipinski definition) is 3. The van der Waals surface area contributed by atoms with E-state index in [0.29, 0.717) is 5.75 Å². The van der Waals surface area contributed by atoms with Crippen molar-refractivity contribution in [3.05, 3.63) is 76.4 Å². The van der Waals surface area contributed by atoms with Crippen LogP contribution in [0.25, 0.3) is 11.8 Å². The first-order valence-corrected chi connectivity index (χ1v) is 8.40. The molecule has 3 heterocycles. The fraction of sp³-hybridized carbons (Fsp3) is 0.150. The van der Waals surface area contributed by atoms with Gasteiger partial charge < -0.3 is 10.1 Å². The number of rotatable bonds is 1. The van der Waals surface area contributed by atoms with Crippen LogP contribution in [0.2, 0.25) is 0 Å². The molecule has 2 aromatic rings. The van der Waals surface area contributed by atoms with Gasteiger partial charge in [-0.15, -0.1) is 0 Å². The molecule has 0 radical (unpaired) electrons. The lowest BCUT2D eigenvalue weighted by molar-refractivity contribution is 0.449. The third kappa shape index (κ3) is 2.05. The zero-order valence-corrected chi connectivity index (χ0v) is 13.8. The van der Waals surface area contributed by atoms with Crippen LogP contribution in [0.4, 0.5) is 0 Å². The number of nitrogens with one attached hydrogen (secondary N) is 2. The zero-order valence-electron chi connectivity index (χ0n) is 13.8. The lowest BCUT2D eigenvalue weighted by atomic mass is 9.82. The number of aromatic hydroxyl groups is 1. The molecule has 25 heavy (non-hydrogen) atoms. The number of benzene rings is 1. The molecule has 0 saturated carbocycles. The minimum atomic E-state index is 0.255. The summed E-state index contributed by atoms with van der Waals surface area (Å²) in [4.78, 5) is 7.69. The molecule has 1 atom stereocenters. The van der Waals surface area contributed by atoms with E-state index in [1.54, 1.807) is 12.4 Å². The molecule has 0 fully saturated rings. The highest BCUT2D eigenvalue weighted by atomic mass is 16.3. The molecule has 124 valence electrons. The van der Waals surface area contributed by atoms with Gasteiger partial charge in [-0.1, -0.05) is 18.2 Å². The molecular weight excluding hydrogens is 312 g/mol. The highest BCUT2D eigenvalue weighted by Gasteiger charge is 2.32. The Balaban J connectivity index is 1.66. The van der Waals surface area contributed by atoms with Gasteiger partial charge in [-0.3, -0.25) is 10.4 Å². The summed E-state index contributed by atoms with van der Waals surface area (Å²) < 4.78 is 0. The second kappa shape index (κ2) is 5.14. The first-order valence-electron chi connectivity index (χ1n) is 8.40. The maximum absolute atomic E-state index is 9.73. The molecule has 3 N–H and O–H groups in total. The van der Waals surface area contributed by atoms with Gasteiger partial charge in [-0.25, -0.2) is 4.99 Å². The van der Waals surface area contributed by atoms with Gasteiger partial charge in [0.1, 0.15) is 12.1 Å². The summed E-state index contributed by atoms with van der Waals surface area (Å²) in [5.74, 6) is 0.568. The lowest BCUT2D eigenvalue weighted by Gasteiger charge is -2.32. The van der Waals surface area contributed by atoms with Gasteiger partial charge in [-0.2, -0.15) is 0 Å². The van der Waals surface area contributed by atoms with Crippen molar-refractivity contribution >= 4 is 18.1 Å². The van der Waals surface area contributed by atoms with Gasteiger partial charge in [0.05, 0.1) is 17.6 Å². The number of aromatic amines is 1. The Kier molecular flexibility index (Phi) is 2.91. The number of phenols is 1. The number of aliphatic imine (C=N–C) groups is 1.